The van der Waals surface area contributed by atoms with Crippen LogP contribution in [0.5, 0.6) is 5.75 Å². The molecule has 2 heterocycles. The van der Waals surface area contributed by atoms with Crippen molar-refractivity contribution < 1.29 is 13.9 Å². The summed E-state index contributed by atoms with van der Waals surface area (Å²) in [5.74, 6) is 1.20. The van der Waals surface area contributed by atoms with Crippen molar-refractivity contribution in [1.29, 1.82) is 0 Å². The fourth-order valence-corrected chi connectivity index (χ4v) is 5.37. The van der Waals surface area contributed by atoms with Crippen LogP contribution in [0.25, 0.3) is 11.0 Å². The molecule has 1 atom stereocenters. The Morgan fingerprint density at radius 2 is 2.04 bits per heavy atom. The molecular formula is C20H15Br2NO4S. The van der Waals surface area contributed by atoms with Crippen LogP contribution in [0.1, 0.15) is 21.3 Å². The number of fused-ring (bicyclic) bond motifs is 1. The Kier molecular flexibility index (Phi) is 5.53. The summed E-state index contributed by atoms with van der Waals surface area (Å²) in [4.78, 5) is 27.4. The molecule has 0 spiro atoms. The number of amides is 1. The average Bonchev–Trinajstić information content (AvgIpc) is 3.17. The van der Waals surface area contributed by atoms with Gasteiger partial charge in [-0.3, -0.25) is 4.79 Å². The Morgan fingerprint density at radius 3 is 2.79 bits per heavy atom. The number of carbonyl (C=O) groups excluding carboxylic acids is 1. The number of hydrogen-bond donors (Lipinski definition) is 0. The predicted molar refractivity (Wildman–Crippen MR) is 117 cm³/mol. The molecule has 0 aliphatic carbocycles. The third-order valence-corrected chi connectivity index (χ3v) is 6.91. The van der Waals surface area contributed by atoms with Crippen LogP contribution in [0.2, 0.25) is 0 Å². The summed E-state index contributed by atoms with van der Waals surface area (Å²) in [6.07, 6.45) is 0. The van der Waals surface area contributed by atoms with E-state index in [-0.39, 0.29) is 16.8 Å². The lowest BCUT2D eigenvalue weighted by molar-refractivity contribution is 0.0756. The van der Waals surface area contributed by atoms with E-state index in [4.69, 9.17) is 9.15 Å². The Labute approximate surface area is 182 Å². The molecule has 1 aromatic heterocycles. The van der Waals surface area contributed by atoms with Gasteiger partial charge in [-0.1, -0.05) is 22.0 Å². The van der Waals surface area contributed by atoms with E-state index in [0.717, 1.165) is 26.0 Å². The maximum Gasteiger partial charge on any atom is 0.349 e. The van der Waals surface area contributed by atoms with Gasteiger partial charge in [-0.05, 0) is 57.9 Å². The lowest BCUT2D eigenvalue weighted by atomic mass is 10.1. The van der Waals surface area contributed by atoms with Crippen LogP contribution in [0, 0.1) is 0 Å². The minimum atomic E-state index is -0.619. The number of benzene rings is 2. The fourth-order valence-electron chi connectivity index (χ4n) is 3.19. The molecule has 5 nitrogen and oxygen atoms in total. The second-order valence-electron chi connectivity index (χ2n) is 6.25. The summed E-state index contributed by atoms with van der Waals surface area (Å²) >= 11 is 8.56. The average molecular weight is 525 g/mol. The number of hydrogen-bond acceptors (Lipinski definition) is 5. The molecule has 0 N–H and O–H groups in total. The van der Waals surface area contributed by atoms with Gasteiger partial charge < -0.3 is 14.1 Å². The molecule has 28 heavy (non-hydrogen) atoms. The summed E-state index contributed by atoms with van der Waals surface area (Å²) in [6.45, 7) is 0.563. The van der Waals surface area contributed by atoms with Crippen LogP contribution in [0.3, 0.4) is 0 Å². The van der Waals surface area contributed by atoms with Gasteiger partial charge in [0.25, 0.3) is 5.91 Å². The van der Waals surface area contributed by atoms with Crippen molar-refractivity contribution in [2.75, 3.05) is 19.4 Å². The molecule has 2 aromatic carbocycles. The second-order valence-corrected chi connectivity index (χ2v) is 9.20. The summed E-state index contributed by atoms with van der Waals surface area (Å²) in [7, 11) is 1.61. The van der Waals surface area contributed by atoms with Crippen molar-refractivity contribution in [2.45, 2.75) is 5.37 Å². The van der Waals surface area contributed by atoms with Gasteiger partial charge in [0, 0.05) is 22.2 Å². The Balaban J connectivity index is 1.71. The predicted octanol–water partition coefficient (Wildman–Crippen LogP) is 5.21. The third kappa shape index (κ3) is 3.60. The largest absolute Gasteiger partial charge is 0.496 e. The Morgan fingerprint density at radius 1 is 1.21 bits per heavy atom. The summed E-state index contributed by atoms with van der Waals surface area (Å²) in [5, 5.41) is 0.528. The van der Waals surface area contributed by atoms with Gasteiger partial charge in [0.1, 0.15) is 22.3 Å². The highest BCUT2D eigenvalue weighted by molar-refractivity contribution is 9.10. The first-order chi connectivity index (χ1) is 13.5. The molecule has 1 fully saturated rings. The molecule has 1 aliphatic heterocycles. The van der Waals surface area contributed by atoms with Crippen LogP contribution < -0.4 is 10.4 Å². The van der Waals surface area contributed by atoms with Gasteiger partial charge in [0.15, 0.2) is 0 Å². The van der Waals surface area contributed by atoms with Crippen LogP contribution in [0.4, 0.5) is 0 Å². The first-order valence-electron chi connectivity index (χ1n) is 8.47. The van der Waals surface area contributed by atoms with Crippen molar-refractivity contribution in [1.82, 2.24) is 4.90 Å². The van der Waals surface area contributed by atoms with E-state index in [1.54, 1.807) is 42.0 Å². The number of nitrogens with zero attached hydrogens (tertiary/aromatic N) is 1. The fraction of sp³-hybridized carbons (Fsp3) is 0.200. The van der Waals surface area contributed by atoms with Crippen molar-refractivity contribution in [2.24, 2.45) is 0 Å². The second kappa shape index (κ2) is 7.93. The maximum absolute atomic E-state index is 13.2. The van der Waals surface area contributed by atoms with Crippen molar-refractivity contribution in [3.8, 4) is 5.75 Å². The summed E-state index contributed by atoms with van der Waals surface area (Å²) in [6, 6.07) is 12.7. The highest BCUT2D eigenvalue weighted by Crippen LogP contribution is 2.41. The van der Waals surface area contributed by atoms with Gasteiger partial charge in [-0.2, -0.15) is 0 Å². The minimum Gasteiger partial charge on any atom is -0.496 e. The first kappa shape index (κ1) is 19.5. The Bertz CT molecular complexity index is 1130. The topological polar surface area (TPSA) is 59.8 Å². The number of rotatable bonds is 3. The summed E-state index contributed by atoms with van der Waals surface area (Å²) in [5.41, 5.74) is 0.852. The standard InChI is InChI=1S/C20H15Br2NO4S/c1-26-17-4-2-11(10-15(17)22)19-23(6-7-28-19)18(24)14-9-12-8-13(21)3-5-16(12)27-20(14)25/h2-5,8-10,19H,6-7H2,1H3. The van der Waals surface area contributed by atoms with Gasteiger partial charge in [-0.25, -0.2) is 4.79 Å². The first-order valence-corrected chi connectivity index (χ1v) is 11.1. The number of methoxy groups -OCH3 is 1. The molecule has 0 saturated carbocycles. The molecule has 0 radical (unpaired) electrons. The number of thioether (sulfide) groups is 1. The van der Waals surface area contributed by atoms with E-state index in [9.17, 15) is 9.59 Å². The van der Waals surface area contributed by atoms with E-state index in [1.165, 1.54) is 0 Å². The highest BCUT2D eigenvalue weighted by Gasteiger charge is 2.33. The third-order valence-electron chi connectivity index (χ3n) is 4.54. The zero-order chi connectivity index (χ0) is 19.8. The lowest BCUT2D eigenvalue weighted by Gasteiger charge is -2.24. The quantitative estimate of drug-likeness (QED) is 0.440. The van der Waals surface area contributed by atoms with Gasteiger partial charge in [-0.15, -0.1) is 11.8 Å². The van der Waals surface area contributed by atoms with E-state index >= 15 is 0 Å². The number of carbonyl (C=O) groups is 1. The van der Waals surface area contributed by atoms with E-state index in [2.05, 4.69) is 31.9 Å². The molecule has 1 aliphatic rings. The van der Waals surface area contributed by atoms with Crippen LogP contribution in [-0.2, 0) is 0 Å². The lowest BCUT2D eigenvalue weighted by Crippen LogP contribution is -2.33. The zero-order valence-electron chi connectivity index (χ0n) is 14.8. The highest BCUT2D eigenvalue weighted by atomic mass is 79.9. The molecule has 1 unspecified atom stereocenters. The molecular weight excluding hydrogens is 510 g/mol. The molecule has 4 rings (SSSR count). The smallest absolute Gasteiger partial charge is 0.349 e. The van der Waals surface area contributed by atoms with Crippen molar-refractivity contribution in [3.63, 3.8) is 0 Å². The van der Waals surface area contributed by atoms with Crippen LogP contribution >= 0.6 is 43.6 Å². The van der Waals surface area contributed by atoms with Crippen molar-refractivity contribution in [3.05, 3.63) is 73.0 Å². The molecule has 144 valence electrons. The van der Waals surface area contributed by atoms with Crippen molar-refractivity contribution >= 4 is 60.5 Å². The SMILES string of the molecule is COc1ccc(C2SCCN2C(=O)c2cc3cc(Br)ccc3oc2=O)cc1Br. The normalized spacial score (nSPS) is 16.5. The van der Waals surface area contributed by atoms with Gasteiger partial charge >= 0.3 is 5.63 Å². The van der Waals surface area contributed by atoms with E-state index in [1.807, 2.05) is 24.3 Å². The zero-order valence-corrected chi connectivity index (χ0v) is 18.8. The molecule has 1 saturated heterocycles. The van der Waals surface area contributed by atoms with Gasteiger partial charge in [0.2, 0.25) is 0 Å². The Hall–Kier alpha value is -1.77. The number of halogens is 2. The van der Waals surface area contributed by atoms with Gasteiger partial charge in [0.05, 0.1) is 11.6 Å². The molecule has 0 bridgehead atoms. The minimum absolute atomic E-state index is 0.0469. The van der Waals surface area contributed by atoms with E-state index in [0.29, 0.717) is 17.5 Å². The monoisotopic (exact) mass is 523 g/mol. The molecule has 3 aromatic rings. The summed E-state index contributed by atoms with van der Waals surface area (Å²) < 4.78 is 12.3. The maximum atomic E-state index is 13.2. The number of ether oxygens (including phenoxy) is 1. The van der Waals surface area contributed by atoms with Crippen LogP contribution in [-0.4, -0.2) is 30.2 Å². The molecule has 8 heteroatoms. The van der Waals surface area contributed by atoms with E-state index < -0.39 is 5.63 Å². The van der Waals surface area contributed by atoms with Crippen LogP contribution in [0.15, 0.2) is 60.6 Å². The molecule has 1 amide bonds.